The van der Waals surface area contributed by atoms with Gasteiger partial charge in [0, 0.05) is 14.7 Å². The molecule has 1 unspecified atom stereocenters. The first-order valence-electron chi connectivity index (χ1n) is 16.9. The fraction of sp³-hybridized carbons (Fsp3) is 0.348. The average Bonchev–Trinajstić information content (AvgIpc) is 2.97. The third-order valence-corrected chi connectivity index (χ3v) is 14.6. The Morgan fingerprint density at radius 2 is 0.979 bits per heavy atom. The molecule has 0 spiro atoms. The van der Waals surface area contributed by atoms with Crippen LogP contribution in [-0.4, -0.2) is 6.26 Å². The normalized spacial score (nSPS) is 13.7. The Morgan fingerprint density at radius 1 is 0.511 bits per heavy atom. The third-order valence-electron chi connectivity index (χ3n) is 10.6. The van der Waals surface area contributed by atoms with Gasteiger partial charge in [-0.1, -0.05) is 61.3 Å². The summed E-state index contributed by atoms with van der Waals surface area (Å²) in [5, 5.41) is 0. The largest absolute Gasteiger partial charge is 0.161 e. The lowest BCUT2D eigenvalue weighted by Gasteiger charge is -2.47. The lowest BCUT2D eigenvalue weighted by atomic mass is 9.88. The van der Waals surface area contributed by atoms with Crippen LogP contribution in [0, 0.1) is 62.3 Å². The second-order valence-electron chi connectivity index (χ2n) is 13.8. The second kappa shape index (κ2) is 14.3. The maximum atomic E-state index is 4.66. The van der Waals surface area contributed by atoms with Gasteiger partial charge in [-0.25, -0.2) is 0 Å². The second-order valence-corrected chi connectivity index (χ2v) is 16.9. The van der Waals surface area contributed by atoms with Crippen LogP contribution < -0.4 is 0 Å². The Labute approximate surface area is 290 Å². The fourth-order valence-electron chi connectivity index (χ4n) is 8.26. The summed E-state index contributed by atoms with van der Waals surface area (Å²) in [6, 6.07) is 0. The highest BCUT2D eigenvalue weighted by Gasteiger charge is 2.40. The minimum Gasteiger partial charge on any atom is -0.161 e. The first-order chi connectivity index (χ1) is 21.9. The van der Waals surface area contributed by atoms with Gasteiger partial charge in [-0.15, -0.1) is 6.58 Å². The standard InChI is InChI=1S/C46H60S/c1-20-23-38-35(16)42(27(6)7)40(25-22-3)45(36(38)17)47(19,44-34(15)30(11)32(13)41(26(4)5)37(44)18)46-39(24-21-2)31(12)29(10)33(14)43(46)28(8)9/h20-22,24-25H,1,4,6,8,23H2,2-3,5,7,9-19H3/b24-21+,25-22+. The predicted molar refractivity (Wildman–Crippen MR) is 218 cm³/mol. The molecule has 3 rings (SSSR count). The van der Waals surface area contributed by atoms with Crippen molar-refractivity contribution in [2.75, 3.05) is 6.26 Å². The van der Waals surface area contributed by atoms with Crippen molar-refractivity contribution in [1.82, 2.24) is 0 Å². The van der Waals surface area contributed by atoms with Gasteiger partial charge in [0.05, 0.1) is 0 Å². The molecule has 0 heterocycles. The average molecular weight is 645 g/mol. The number of benzene rings is 3. The fourth-order valence-corrected chi connectivity index (χ4v) is 13.1. The van der Waals surface area contributed by atoms with E-state index in [1.54, 1.807) is 0 Å². The first kappa shape index (κ1) is 37.9. The highest BCUT2D eigenvalue weighted by Crippen LogP contribution is 2.73. The Kier molecular flexibility index (Phi) is 11.5. The molecule has 0 fully saturated rings. The van der Waals surface area contributed by atoms with E-state index in [4.69, 9.17) is 0 Å². The molecule has 0 aliphatic rings. The molecule has 1 atom stereocenters. The minimum atomic E-state index is -2.00. The highest BCUT2D eigenvalue weighted by molar-refractivity contribution is 8.33. The number of rotatable bonds is 10. The van der Waals surface area contributed by atoms with E-state index in [9.17, 15) is 0 Å². The molecule has 0 saturated heterocycles. The van der Waals surface area contributed by atoms with Gasteiger partial charge in [0.25, 0.3) is 0 Å². The lowest BCUT2D eigenvalue weighted by molar-refractivity contribution is 1.06. The van der Waals surface area contributed by atoms with Gasteiger partial charge >= 0.3 is 0 Å². The van der Waals surface area contributed by atoms with Crippen LogP contribution in [0.1, 0.15) is 118 Å². The molecule has 1 heteroatoms. The van der Waals surface area contributed by atoms with Crippen LogP contribution in [0.5, 0.6) is 0 Å². The van der Waals surface area contributed by atoms with Gasteiger partial charge in [0.1, 0.15) is 0 Å². The maximum Gasteiger partial charge on any atom is 0.0133 e. The Hall–Kier alpha value is -3.55. The summed E-state index contributed by atoms with van der Waals surface area (Å²) in [5.41, 5.74) is 23.1. The summed E-state index contributed by atoms with van der Waals surface area (Å²) < 4.78 is 0. The van der Waals surface area contributed by atoms with E-state index < -0.39 is 10.0 Å². The lowest BCUT2D eigenvalue weighted by Crippen LogP contribution is -2.18. The summed E-state index contributed by atoms with van der Waals surface area (Å²) >= 11 is 0. The quantitative estimate of drug-likeness (QED) is 0.193. The Morgan fingerprint density at radius 3 is 1.45 bits per heavy atom. The summed E-state index contributed by atoms with van der Waals surface area (Å²) in [7, 11) is -2.00. The molecule has 0 nitrogen and oxygen atoms in total. The number of hydrogen-bond acceptors (Lipinski definition) is 0. The van der Waals surface area contributed by atoms with Gasteiger partial charge in [0.15, 0.2) is 0 Å². The monoisotopic (exact) mass is 644 g/mol. The van der Waals surface area contributed by atoms with E-state index in [2.05, 4.69) is 160 Å². The molecule has 0 bridgehead atoms. The summed E-state index contributed by atoms with van der Waals surface area (Å²) in [6.45, 7) is 49.5. The van der Waals surface area contributed by atoms with Gasteiger partial charge < -0.3 is 0 Å². The van der Waals surface area contributed by atoms with Crippen molar-refractivity contribution in [2.45, 2.75) is 118 Å². The smallest absolute Gasteiger partial charge is 0.0133 e. The molecule has 0 saturated carbocycles. The van der Waals surface area contributed by atoms with Crippen molar-refractivity contribution in [3.8, 4) is 0 Å². The molecule has 0 radical (unpaired) electrons. The van der Waals surface area contributed by atoms with Crippen molar-refractivity contribution >= 4 is 38.9 Å². The molecule has 0 N–H and O–H groups in total. The van der Waals surface area contributed by atoms with Crippen molar-refractivity contribution in [2.24, 2.45) is 0 Å². The van der Waals surface area contributed by atoms with Gasteiger partial charge in [-0.05, 0) is 199 Å². The number of hydrogen-bond donors (Lipinski definition) is 0. The molecule has 0 aliphatic carbocycles. The van der Waals surface area contributed by atoms with E-state index >= 15 is 0 Å². The Balaban J connectivity index is 3.09. The zero-order chi connectivity index (χ0) is 35.9. The Bertz CT molecular complexity index is 1900. The third kappa shape index (κ3) is 6.02. The highest BCUT2D eigenvalue weighted by atomic mass is 32.3. The van der Waals surface area contributed by atoms with E-state index in [0.29, 0.717) is 0 Å². The predicted octanol–water partition coefficient (Wildman–Crippen LogP) is 14.3. The molecule has 250 valence electrons. The SMILES string of the molecule is C=CCc1c(C)c(C(=C)C)c(/C=C/C)c(S(C)(c2c(C)c(C)c(C)c(C(=C)C)c2C)c2c(/C=C/C)c(C)c(C)c(C)c2C(=C)C)c1C. The molecule has 0 aromatic heterocycles. The summed E-state index contributed by atoms with van der Waals surface area (Å²) in [6.07, 6.45) is 14.5. The molecule has 0 amide bonds. The van der Waals surface area contributed by atoms with E-state index in [1.165, 1.54) is 98.1 Å². The van der Waals surface area contributed by atoms with Crippen LogP contribution in [0.25, 0.3) is 28.9 Å². The van der Waals surface area contributed by atoms with Crippen LogP contribution in [0.3, 0.4) is 0 Å². The van der Waals surface area contributed by atoms with Crippen molar-refractivity contribution in [3.63, 3.8) is 0 Å². The van der Waals surface area contributed by atoms with E-state index in [-0.39, 0.29) is 0 Å². The van der Waals surface area contributed by atoms with E-state index in [0.717, 1.165) is 23.1 Å². The summed E-state index contributed by atoms with van der Waals surface area (Å²) in [4.78, 5) is 4.25. The molecular formula is C46H60S. The van der Waals surface area contributed by atoms with Crippen molar-refractivity contribution in [1.29, 1.82) is 0 Å². The molecular weight excluding hydrogens is 585 g/mol. The zero-order valence-corrected chi connectivity index (χ0v) is 33.1. The summed E-state index contributed by atoms with van der Waals surface area (Å²) in [5.74, 6) is 0. The minimum absolute atomic E-state index is 0.805. The zero-order valence-electron chi connectivity index (χ0n) is 32.3. The van der Waals surface area contributed by atoms with Gasteiger partial charge in [0.2, 0.25) is 0 Å². The van der Waals surface area contributed by atoms with Crippen LogP contribution in [0.2, 0.25) is 0 Å². The van der Waals surface area contributed by atoms with Crippen molar-refractivity contribution in [3.05, 3.63) is 128 Å². The molecule has 3 aromatic rings. The number of allylic oxidation sites excluding steroid dienone is 6. The molecule has 0 aliphatic heterocycles. The maximum absolute atomic E-state index is 4.66. The van der Waals surface area contributed by atoms with Crippen LogP contribution in [0.4, 0.5) is 0 Å². The molecule has 3 aromatic carbocycles. The topological polar surface area (TPSA) is 0 Å². The van der Waals surface area contributed by atoms with Crippen LogP contribution >= 0.6 is 10.0 Å². The van der Waals surface area contributed by atoms with Crippen LogP contribution in [-0.2, 0) is 6.42 Å². The molecule has 47 heavy (non-hydrogen) atoms. The first-order valence-corrected chi connectivity index (χ1v) is 18.9. The van der Waals surface area contributed by atoms with Crippen molar-refractivity contribution < 1.29 is 0 Å². The van der Waals surface area contributed by atoms with Crippen LogP contribution in [0.15, 0.2) is 59.2 Å². The van der Waals surface area contributed by atoms with E-state index in [1.807, 2.05) is 0 Å². The van der Waals surface area contributed by atoms with Gasteiger partial charge in [-0.3, -0.25) is 0 Å². The van der Waals surface area contributed by atoms with Gasteiger partial charge in [-0.2, -0.15) is 10.0 Å².